The molecule has 0 atom stereocenters. The fourth-order valence-corrected chi connectivity index (χ4v) is 3.49. The number of rotatable bonds is 3. The van der Waals surface area contributed by atoms with Gasteiger partial charge in [0.25, 0.3) is 0 Å². The molecule has 0 saturated carbocycles. The minimum absolute atomic E-state index is 0.181. The van der Waals surface area contributed by atoms with Crippen molar-refractivity contribution < 1.29 is 20.1 Å². The summed E-state index contributed by atoms with van der Waals surface area (Å²) in [6, 6.07) is 6.09. The highest BCUT2D eigenvalue weighted by Gasteiger charge is 2.12. The van der Waals surface area contributed by atoms with E-state index in [9.17, 15) is 15.0 Å². The summed E-state index contributed by atoms with van der Waals surface area (Å²) in [6.07, 6.45) is 0. The summed E-state index contributed by atoms with van der Waals surface area (Å²) >= 11 is 2.70. The molecule has 106 valence electrons. The average molecular weight is 319 g/mol. The number of thiazole rings is 1. The van der Waals surface area contributed by atoms with Crippen molar-refractivity contribution in [3.63, 3.8) is 0 Å². The fourth-order valence-electron chi connectivity index (χ4n) is 1.76. The first-order valence-corrected chi connectivity index (χ1v) is 7.60. The van der Waals surface area contributed by atoms with Crippen LogP contribution in [-0.4, -0.2) is 26.3 Å². The molecule has 2 heterocycles. The molecule has 3 rings (SSSR count). The summed E-state index contributed by atoms with van der Waals surface area (Å²) in [5, 5.41) is 31.8. The topological polar surface area (TPSA) is 90.7 Å². The summed E-state index contributed by atoms with van der Waals surface area (Å²) < 4.78 is 0. The predicted octanol–water partition coefficient (Wildman–Crippen LogP) is 3.65. The number of hydrogen-bond acceptors (Lipinski definition) is 6. The lowest BCUT2D eigenvalue weighted by Crippen LogP contribution is -1.91. The Balaban J connectivity index is 1.95. The van der Waals surface area contributed by atoms with Crippen molar-refractivity contribution in [2.75, 3.05) is 0 Å². The van der Waals surface area contributed by atoms with Crippen molar-refractivity contribution in [3.05, 3.63) is 40.6 Å². The summed E-state index contributed by atoms with van der Waals surface area (Å²) in [6.45, 7) is 0. The van der Waals surface area contributed by atoms with E-state index in [0.29, 0.717) is 16.3 Å². The molecule has 2 aromatic heterocycles. The van der Waals surface area contributed by atoms with Crippen molar-refractivity contribution in [1.29, 1.82) is 0 Å². The number of benzene rings is 1. The molecule has 0 aliphatic carbocycles. The first kappa shape index (κ1) is 13.6. The SMILES string of the molecule is O=C(O)c1csc(-c2csc(-c3ccc(O)c(O)c3)n2)c1. The Morgan fingerprint density at radius 3 is 2.52 bits per heavy atom. The van der Waals surface area contributed by atoms with Gasteiger partial charge >= 0.3 is 5.97 Å². The number of nitrogens with zero attached hydrogens (tertiary/aromatic N) is 1. The van der Waals surface area contributed by atoms with Crippen molar-refractivity contribution in [1.82, 2.24) is 4.98 Å². The maximum atomic E-state index is 10.9. The largest absolute Gasteiger partial charge is 0.504 e. The van der Waals surface area contributed by atoms with E-state index >= 15 is 0 Å². The molecule has 0 radical (unpaired) electrons. The molecule has 7 heteroatoms. The molecule has 0 unspecified atom stereocenters. The summed E-state index contributed by atoms with van der Waals surface area (Å²) in [7, 11) is 0. The molecule has 0 amide bonds. The quantitative estimate of drug-likeness (QED) is 0.641. The van der Waals surface area contributed by atoms with Crippen LogP contribution in [0, 0.1) is 0 Å². The maximum absolute atomic E-state index is 10.9. The van der Waals surface area contributed by atoms with Crippen molar-refractivity contribution in [2.24, 2.45) is 0 Å². The zero-order valence-corrected chi connectivity index (χ0v) is 12.1. The number of aromatic hydroxyl groups is 2. The maximum Gasteiger partial charge on any atom is 0.336 e. The monoisotopic (exact) mass is 319 g/mol. The second-order valence-electron chi connectivity index (χ2n) is 4.25. The highest BCUT2D eigenvalue weighted by Crippen LogP contribution is 2.35. The molecule has 0 spiro atoms. The van der Waals surface area contributed by atoms with Gasteiger partial charge in [-0.05, 0) is 24.3 Å². The first-order chi connectivity index (χ1) is 10.0. The van der Waals surface area contributed by atoms with Gasteiger partial charge in [-0.15, -0.1) is 22.7 Å². The highest BCUT2D eigenvalue weighted by atomic mass is 32.1. The van der Waals surface area contributed by atoms with Crippen molar-refractivity contribution in [2.45, 2.75) is 0 Å². The Labute approximate surface area is 127 Å². The van der Waals surface area contributed by atoms with E-state index in [0.717, 1.165) is 4.88 Å². The second kappa shape index (κ2) is 5.19. The Morgan fingerprint density at radius 1 is 1.05 bits per heavy atom. The molecule has 0 aliphatic heterocycles. The van der Waals surface area contributed by atoms with Gasteiger partial charge in [0.05, 0.1) is 16.1 Å². The highest BCUT2D eigenvalue weighted by molar-refractivity contribution is 7.15. The van der Waals surface area contributed by atoms with Crippen LogP contribution in [0.3, 0.4) is 0 Å². The number of hydrogen-bond donors (Lipinski definition) is 3. The van der Waals surface area contributed by atoms with Crippen LogP contribution in [0.1, 0.15) is 10.4 Å². The van der Waals surface area contributed by atoms with Crippen LogP contribution in [-0.2, 0) is 0 Å². The number of phenolic OH excluding ortho intramolecular Hbond substituents is 2. The van der Waals surface area contributed by atoms with Crippen LogP contribution in [0.5, 0.6) is 11.5 Å². The van der Waals surface area contributed by atoms with Gasteiger partial charge in [0.1, 0.15) is 5.01 Å². The zero-order valence-electron chi connectivity index (χ0n) is 10.5. The van der Waals surface area contributed by atoms with Crippen LogP contribution < -0.4 is 0 Å². The molecule has 3 N–H and O–H groups in total. The Kier molecular flexibility index (Phi) is 3.36. The summed E-state index contributed by atoms with van der Waals surface area (Å²) in [5.41, 5.74) is 1.63. The molecule has 0 aliphatic rings. The Hall–Kier alpha value is -2.38. The summed E-state index contributed by atoms with van der Waals surface area (Å²) in [5.74, 6) is -1.34. The Morgan fingerprint density at radius 2 is 1.86 bits per heavy atom. The third-order valence-electron chi connectivity index (χ3n) is 2.83. The predicted molar refractivity (Wildman–Crippen MR) is 81.2 cm³/mol. The van der Waals surface area contributed by atoms with Crippen LogP contribution >= 0.6 is 22.7 Å². The third-order valence-corrected chi connectivity index (χ3v) is 4.67. The van der Waals surface area contributed by atoms with Gasteiger partial charge in [-0.3, -0.25) is 0 Å². The number of carboxylic acids is 1. The molecule has 0 saturated heterocycles. The van der Waals surface area contributed by atoms with Crippen LogP contribution in [0.4, 0.5) is 0 Å². The van der Waals surface area contributed by atoms with Gasteiger partial charge in [-0.2, -0.15) is 0 Å². The zero-order chi connectivity index (χ0) is 15.0. The van der Waals surface area contributed by atoms with E-state index in [4.69, 9.17) is 5.11 Å². The second-order valence-corrected chi connectivity index (χ2v) is 6.02. The summed E-state index contributed by atoms with van der Waals surface area (Å²) in [4.78, 5) is 16.1. The minimum atomic E-state index is -0.962. The van der Waals surface area contributed by atoms with Gasteiger partial charge in [-0.25, -0.2) is 9.78 Å². The molecule has 3 aromatic rings. The van der Waals surface area contributed by atoms with Gasteiger partial charge in [0, 0.05) is 16.3 Å². The number of thiophene rings is 1. The van der Waals surface area contributed by atoms with E-state index < -0.39 is 5.97 Å². The van der Waals surface area contributed by atoms with E-state index in [1.807, 2.05) is 5.38 Å². The van der Waals surface area contributed by atoms with Gasteiger partial charge < -0.3 is 15.3 Å². The fraction of sp³-hybridized carbons (Fsp3) is 0. The van der Waals surface area contributed by atoms with Crippen LogP contribution in [0.15, 0.2) is 35.0 Å². The van der Waals surface area contributed by atoms with Crippen molar-refractivity contribution in [3.8, 4) is 32.6 Å². The lowest BCUT2D eigenvalue weighted by Gasteiger charge is -1.99. The standard InChI is InChI=1S/C14H9NO4S2/c16-10-2-1-7(3-11(10)17)13-15-9(6-21-13)12-4-8(5-20-12)14(18)19/h1-6,16-17H,(H,18,19). The number of carbonyl (C=O) groups is 1. The molecule has 0 fully saturated rings. The number of carboxylic acid groups (broad SMARTS) is 1. The normalized spacial score (nSPS) is 10.7. The molecule has 1 aromatic carbocycles. The lowest BCUT2D eigenvalue weighted by atomic mass is 10.2. The van der Waals surface area contributed by atoms with Crippen molar-refractivity contribution >= 4 is 28.6 Å². The number of aromatic carboxylic acids is 1. The van der Waals surface area contributed by atoms with Gasteiger partial charge in [0.2, 0.25) is 0 Å². The van der Waals surface area contributed by atoms with Crippen LogP contribution in [0.2, 0.25) is 0 Å². The molecule has 0 bridgehead atoms. The van der Waals surface area contributed by atoms with E-state index in [1.54, 1.807) is 17.5 Å². The lowest BCUT2D eigenvalue weighted by molar-refractivity contribution is 0.0697. The molecular weight excluding hydrogens is 310 g/mol. The van der Waals surface area contributed by atoms with Crippen LogP contribution in [0.25, 0.3) is 21.1 Å². The molecule has 21 heavy (non-hydrogen) atoms. The van der Waals surface area contributed by atoms with E-state index in [-0.39, 0.29) is 17.1 Å². The average Bonchev–Trinajstić information content (AvgIpc) is 3.09. The van der Waals surface area contributed by atoms with E-state index in [2.05, 4.69) is 4.98 Å². The van der Waals surface area contributed by atoms with Gasteiger partial charge in [0.15, 0.2) is 11.5 Å². The smallest absolute Gasteiger partial charge is 0.336 e. The third kappa shape index (κ3) is 2.61. The number of aromatic nitrogens is 1. The number of phenols is 2. The van der Waals surface area contributed by atoms with Gasteiger partial charge in [-0.1, -0.05) is 0 Å². The first-order valence-electron chi connectivity index (χ1n) is 5.84. The molecular formula is C14H9NO4S2. The van der Waals surface area contributed by atoms with E-state index in [1.165, 1.54) is 34.8 Å². The minimum Gasteiger partial charge on any atom is -0.504 e. The molecule has 5 nitrogen and oxygen atoms in total. The Bertz CT molecular complexity index is 822.